The van der Waals surface area contributed by atoms with Gasteiger partial charge >= 0.3 is 0 Å². The first kappa shape index (κ1) is 17.7. The van der Waals surface area contributed by atoms with E-state index in [2.05, 4.69) is 18.8 Å². The maximum absolute atomic E-state index is 12.2. The highest BCUT2D eigenvalue weighted by molar-refractivity contribution is 7.89. The van der Waals surface area contributed by atoms with Crippen molar-refractivity contribution in [2.24, 2.45) is 0 Å². The summed E-state index contributed by atoms with van der Waals surface area (Å²) < 4.78 is 31.2. The molecule has 6 heteroatoms. The summed E-state index contributed by atoms with van der Waals surface area (Å²) in [6, 6.07) is 6.49. The van der Waals surface area contributed by atoms with E-state index >= 15 is 0 Å². The van der Waals surface area contributed by atoms with Crippen LogP contribution in [0.1, 0.15) is 13.3 Å². The molecule has 5 nitrogen and oxygen atoms in total. The number of likely N-dealkylation sites (N-methyl/N-ethyl adjacent to an activating group) is 1. The van der Waals surface area contributed by atoms with Crippen LogP contribution in [0.15, 0.2) is 41.8 Å². The van der Waals surface area contributed by atoms with Crippen molar-refractivity contribution in [1.29, 1.82) is 0 Å². The first-order valence-electron chi connectivity index (χ1n) is 7.03. The van der Waals surface area contributed by atoms with Crippen LogP contribution >= 0.6 is 0 Å². The molecule has 0 radical (unpaired) electrons. The minimum absolute atomic E-state index is 0.256. The fourth-order valence-electron chi connectivity index (χ4n) is 1.73. The average Bonchev–Trinajstić information content (AvgIpc) is 2.48. The Morgan fingerprint density at radius 1 is 1.33 bits per heavy atom. The summed E-state index contributed by atoms with van der Waals surface area (Å²) >= 11 is 0. The molecule has 118 valence electrons. The summed E-state index contributed by atoms with van der Waals surface area (Å²) in [5, 5.41) is 3.22. The molecule has 0 heterocycles. The normalized spacial score (nSPS) is 11.6. The first-order valence-corrected chi connectivity index (χ1v) is 8.47. The van der Waals surface area contributed by atoms with Gasteiger partial charge in [-0.1, -0.05) is 13.0 Å². The van der Waals surface area contributed by atoms with Gasteiger partial charge in [-0.15, -0.1) is 6.58 Å². The summed E-state index contributed by atoms with van der Waals surface area (Å²) in [5.41, 5.74) is 0. The predicted molar refractivity (Wildman–Crippen MR) is 85.1 cm³/mol. The third-order valence-corrected chi connectivity index (χ3v) is 4.77. The molecule has 1 rings (SSSR count). The maximum Gasteiger partial charge on any atom is 0.243 e. The number of rotatable bonds is 10. The molecule has 0 aliphatic carbocycles. The van der Waals surface area contributed by atoms with Gasteiger partial charge in [0.05, 0.1) is 11.5 Å². The summed E-state index contributed by atoms with van der Waals surface area (Å²) in [6.45, 7) is 8.36. The molecule has 0 saturated carbocycles. The fraction of sp³-hybridized carbons (Fsp3) is 0.467. The SMILES string of the molecule is C=CCN(C)S(=O)(=O)c1ccc(OCCCNCC)cc1. The monoisotopic (exact) mass is 312 g/mol. The summed E-state index contributed by atoms with van der Waals surface area (Å²) in [4.78, 5) is 0.256. The third kappa shape index (κ3) is 5.49. The van der Waals surface area contributed by atoms with E-state index in [0.29, 0.717) is 12.4 Å². The predicted octanol–water partition coefficient (Wildman–Crippen LogP) is 1.87. The van der Waals surface area contributed by atoms with E-state index < -0.39 is 10.0 Å². The maximum atomic E-state index is 12.2. The molecule has 0 unspecified atom stereocenters. The van der Waals surface area contributed by atoms with Gasteiger partial charge in [0, 0.05) is 13.6 Å². The van der Waals surface area contributed by atoms with Crippen molar-refractivity contribution < 1.29 is 13.2 Å². The van der Waals surface area contributed by atoms with Crippen molar-refractivity contribution >= 4 is 10.0 Å². The van der Waals surface area contributed by atoms with Crippen LogP contribution in [-0.4, -0.2) is 46.0 Å². The Bertz CT molecular complexity index is 526. The van der Waals surface area contributed by atoms with E-state index in [-0.39, 0.29) is 11.4 Å². The van der Waals surface area contributed by atoms with Crippen molar-refractivity contribution in [3.8, 4) is 5.75 Å². The van der Waals surface area contributed by atoms with Crippen LogP contribution in [0.25, 0.3) is 0 Å². The zero-order chi connectivity index (χ0) is 15.7. The van der Waals surface area contributed by atoms with E-state index in [4.69, 9.17) is 4.74 Å². The van der Waals surface area contributed by atoms with E-state index in [1.54, 1.807) is 30.3 Å². The van der Waals surface area contributed by atoms with Crippen LogP contribution in [0.3, 0.4) is 0 Å². The largest absolute Gasteiger partial charge is 0.494 e. The van der Waals surface area contributed by atoms with Gasteiger partial charge in [0.2, 0.25) is 10.0 Å². The van der Waals surface area contributed by atoms with Gasteiger partial charge in [0.25, 0.3) is 0 Å². The number of sulfonamides is 1. The topological polar surface area (TPSA) is 58.6 Å². The second-order valence-electron chi connectivity index (χ2n) is 4.60. The minimum atomic E-state index is -3.45. The van der Waals surface area contributed by atoms with Crippen LogP contribution in [0.4, 0.5) is 0 Å². The number of hydrogen-bond acceptors (Lipinski definition) is 4. The van der Waals surface area contributed by atoms with Crippen LogP contribution in [0, 0.1) is 0 Å². The lowest BCUT2D eigenvalue weighted by Crippen LogP contribution is -2.26. The summed E-state index contributed by atoms with van der Waals surface area (Å²) in [6.07, 6.45) is 2.47. The van der Waals surface area contributed by atoms with Crippen molar-refractivity contribution in [2.75, 3.05) is 33.3 Å². The lowest BCUT2D eigenvalue weighted by molar-refractivity contribution is 0.308. The Kier molecular flexibility index (Phi) is 7.42. The molecule has 0 fully saturated rings. The molecular weight excluding hydrogens is 288 g/mol. The van der Waals surface area contributed by atoms with Crippen LogP contribution in [-0.2, 0) is 10.0 Å². The molecule has 0 saturated heterocycles. The molecule has 0 aromatic heterocycles. The highest BCUT2D eigenvalue weighted by Crippen LogP contribution is 2.18. The second kappa shape index (κ2) is 8.81. The zero-order valence-electron chi connectivity index (χ0n) is 12.7. The van der Waals surface area contributed by atoms with Gasteiger partial charge in [-0.25, -0.2) is 8.42 Å². The number of nitrogens with one attached hydrogen (secondary N) is 1. The lowest BCUT2D eigenvalue weighted by Gasteiger charge is -2.15. The number of ether oxygens (including phenoxy) is 1. The molecule has 0 atom stereocenters. The average molecular weight is 312 g/mol. The van der Waals surface area contributed by atoms with E-state index in [1.165, 1.54) is 11.4 Å². The lowest BCUT2D eigenvalue weighted by atomic mass is 10.3. The van der Waals surface area contributed by atoms with Gasteiger partial charge < -0.3 is 10.1 Å². The molecule has 21 heavy (non-hydrogen) atoms. The number of hydrogen-bond donors (Lipinski definition) is 1. The molecule has 0 aliphatic rings. The molecule has 1 aromatic carbocycles. The van der Waals surface area contributed by atoms with Gasteiger partial charge in [-0.05, 0) is 43.8 Å². The Morgan fingerprint density at radius 3 is 2.57 bits per heavy atom. The molecule has 1 N–H and O–H groups in total. The van der Waals surface area contributed by atoms with Gasteiger partial charge in [-0.3, -0.25) is 0 Å². The molecule has 0 spiro atoms. The molecule has 1 aromatic rings. The number of nitrogens with zero attached hydrogens (tertiary/aromatic N) is 1. The molecule has 0 amide bonds. The van der Waals surface area contributed by atoms with Crippen LogP contribution in [0.2, 0.25) is 0 Å². The standard InChI is InChI=1S/C15H24N2O3S/c1-4-12-17(3)21(18,19)15-9-7-14(8-10-15)20-13-6-11-16-5-2/h4,7-10,16H,1,5-6,11-13H2,2-3H3. The highest BCUT2D eigenvalue weighted by Gasteiger charge is 2.19. The summed E-state index contributed by atoms with van der Waals surface area (Å²) in [5.74, 6) is 0.678. The van der Waals surface area contributed by atoms with E-state index in [9.17, 15) is 8.42 Å². The van der Waals surface area contributed by atoms with Crippen LogP contribution in [0.5, 0.6) is 5.75 Å². The molecular formula is C15H24N2O3S. The van der Waals surface area contributed by atoms with Crippen molar-refractivity contribution in [2.45, 2.75) is 18.2 Å². The first-order chi connectivity index (χ1) is 10.0. The Balaban J connectivity index is 2.59. The zero-order valence-corrected chi connectivity index (χ0v) is 13.5. The Morgan fingerprint density at radius 2 is 2.00 bits per heavy atom. The third-order valence-electron chi connectivity index (χ3n) is 2.93. The Hall–Kier alpha value is -1.37. The fourth-order valence-corrected chi connectivity index (χ4v) is 2.87. The van der Waals surface area contributed by atoms with Crippen LogP contribution < -0.4 is 10.1 Å². The van der Waals surface area contributed by atoms with Crippen molar-refractivity contribution in [3.63, 3.8) is 0 Å². The number of benzene rings is 1. The Labute approximate surface area is 127 Å². The van der Waals surface area contributed by atoms with Gasteiger partial charge in [0.1, 0.15) is 5.75 Å². The highest BCUT2D eigenvalue weighted by atomic mass is 32.2. The van der Waals surface area contributed by atoms with E-state index in [1.807, 2.05) is 0 Å². The van der Waals surface area contributed by atoms with E-state index in [0.717, 1.165) is 19.5 Å². The molecule has 0 bridgehead atoms. The minimum Gasteiger partial charge on any atom is -0.494 e. The van der Waals surface area contributed by atoms with Crippen molar-refractivity contribution in [3.05, 3.63) is 36.9 Å². The van der Waals surface area contributed by atoms with Gasteiger partial charge in [-0.2, -0.15) is 4.31 Å². The quantitative estimate of drug-likeness (QED) is 0.529. The second-order valence-corrected chi connectivity index (χ2v) is 6.65. The smallest absolute Gasteiger partial charge is 0.243 e. The van der Waals surface area contributed by atoms with Gasteiger partial charge in [0.15, 0.2) is 0 Å². The van der Waals surface area contributed by atoms with Crippen molar-refractivity contribution in [1.82, 2.24) is 9.62 Å². The molecule has 0 aliphatic heterocycles. The summed E-state index contributed by atoms with van der Waals surface area (Å²) in [7, 11) is -1.92.